The van der Waals surface area contributed by atoms with Crippen LogP contribution in [0.25, 0.3) is 0 Å². The van der Waals surface area contributed by atoms with E-state index in [1.807, 2.05) is 13.8 Å². The Morgan fingerprint density at radius 1 is 1.15 bits per heavy atom. The first-order valence-corrected chi connectivity index (χ1v) is 8.62. The molecule has 1 aromatic carbocycles. The molecule has 0 saturated carbocycles. The topological polar surface area (TPSA) is 60.4 Å². The lowest BCUT2D eigenvalue weighted by atomic mass is 10.1. The highest BCUT2D eigenvalue weighted by atomic mass is 35.7. The summed E-state index contributed by atoms with van der Waals surface area (Å²) in [4.78, 5) is 12.0. The second kappa shape index (κ2) is 6.14. The van der Waals surface area contributed by atoms with Crippen LogP contribution in [0.1, 0.15) is 42.3 Å². The molecule has 112 valence electrons. The van der Waals surface area contributed by atoms with Gasteiger partial charge in [0.15, 0.2) is 0 Å². The molecule has 0 aliphatic rings. The predicted molar refractivity (Wildman–Crippen MR) is 78.7 cm³/mol. The van der Waals surface area contributed by atoms with Crippen LogP contribution in [0.15, 0.2) is 17.0 Å². The summed E-state index contributed by atoms with van der Waals surface area (Å²) in [6.45, 7) is 9.04. The largest absolute Gasteiger partial charge is 0.459 e. The van der Waals surface area contributed by atoms with Crippen LogP contribution in [0.3, 0.4) is 0 Å². The number of halogens is 1. The minimum absolute atomic E-state index is 0.0612. The van der Waals surface area contributed by atoms with Crippen LogP contribution < -0.4 is 0 Å². The summed E-state index contributed by atoms with van der Waals surface area (Å²) in [5.74, 6) is -0.355. The Kier molecular flexibility index (Phi) is 5.21. The van der Waals surface area contributed by atoms with Crippen molar-refractivity contribution in [1.29, 1.82) is 0 Å². The van der Waals surface area contributed by atoms with E-state index < -0.39 is 15.0 Å². The van der Waals surface area contributed by atoms with Crippen molar-refractivity contribution in [3.05, 3.63) is 28.8 Å². The van der Waals surface area contributed by atoms with Crippen LogP contribution >= 0.6 is 10.7 Å². The first kappa shape index (κ1) is 17.0. The molecule has 0 amide bonds. The van der Waals surface area contributed by atoms with Gasteiger partial charge in [-0.2, -0.15) is 0 Å². The Hall–Kier alpha value is -1.07. The van der Waals surface area contributed by atoms with Crippen molar-refractivity contribution in [2.75, 3.05) is 0 Å². The van der Waals surface area contributed by atoms with Gasteiger partial charge in [0.25, 0.3) is 9.05 Å². The summed E-state index contributed by atoms with van der Waals surface area (Å²) < 4.78 is 28.3. The number of hydrogen-bond donors (Lipinski definition) is 0. The van der Waals surface area contributed by atoms with E-state index in [1.54, 1.807) is 26.8 Å². The fourth-order valence-corrected chi connectivity index (χ4v) is 2.88. The van der Waals surface area contributed by atoms with Gasteiger partial charge in [-0.3, -0.25) is 0 Å². The number of ether oxygens (including phenoxy) is 1. The molecule has 0 fully saturated rings. The lowest BCUT2D eigenvalue weighted by Gasteiger charge is -2.18. The van der Waals surface area contributed by atoms with Crippen molar-refractivity contribution in [2.24, 2.45) is 5.92 Å². The predicted octanol–water partition coefficient (Wildman–Crippen LogP) is 3.43. The molecule has 1 unspecified atom stereocenters. The third-order valence-corrected chi connectivity index (χ3v) is 4.70. The zero-order valence-electron chi connectivity index (χ0n) is 12.2. The first-order valence-electron chi connectivity index (χ1n) is 6.31. The maximum absolute atomic E-state index is 12.1. The fraction of sp³-hybridized carbons (Fsp3) is 0.500. The highest BCUT2D eigenvalue weighted by Crippen LogP contribution is 2.24. The van der Waals surface area contributed by atoms with Gasteiger partial charge in [-0.15, -0.1) is 0 Å². The Labute approximate surface area is 124 Å². The molecule has 0 radical (unpaired) electrons. The molecule has 1 rings (SSSR count). The van der Waals surface area contributed by atoms with E-state index in [4.69, 9.17) is 15.4 Å². The Balaban J connectivity index is 3.22. The van der Waals surface area contributed by atoms with Gasteiger partial charge < -0.3 is 4.74 Å². The molecule has 0 saturated heterocycles. The molecule has 6 heteroatoms. The monoisotopic (exact) mass is 318 g/mol. The van der Waals surface area contributed by atoms with E-state index in [-0.39, 0.29) is 22.5 Å². The molecular weight excluding hydrogens is 300 g/mol. The summed E-state index contributed by atoms with van der Waals surface area (Å²) >= 11 is 0. The van der Waals surface area contributed by atoms with Crippen LogP contribution in [-0.2, 0) is 13.8 Å². The van der Waals surface area contributed by atoms with E-state index in [9.17, 15) is 13.2 Å². The third kappa shape index (κ3) is 3.96. The summed E-state index contributed by atoms with van der Waals surface area (Å²) in [7, 11) is 1.48. The quantitative estimate of drug-likeness (QED) is 0.630. The number of carbonyl (C=O) groups is 1. The zero-order valence-corrected chi connectivity index (χ0v) is 13.8. The molecule has 0 bridgehead atoms. The van der Waals surface area contributed by atoms with E-state index in [2.05, 4.69) is 0 Å². The summed E-state index contributed by atoms with van der Waals surface area (Å²) in [6, 6.07) is 2.90. The summed E-state index contributed by atoms with van der Waals surface area (Å²) in [5, 5.41) is 0. The smallest absolute Gasteiger partial charge is 0.338 e. The van der Waals surface area contributed by atoms with Gasteiger partial charge in [-0.1, -0.05) is 19.9 Å². The van der Waals surface area contributed by atoms with Crippen LogP contribution in [0, 0.1) is 19.8 Å². The van der Waals surface area contributed by atoms with Crippen molar-refractivity contribution in [3.63, 3.8) is 0 Å². The van der Waals surface area contributed by atoms with Crippen molar-refractivity contribution in [3.8, 4) is 0 Å². The molecule has 0 N–H and O–H groups in total. The van der Waals surface area contributed by atoms with Crippen molar-refractivity contribution >= 4 is 25.7 Å². The van der Waals surface area contributed by atoms with E-state index in [0.717, 1.165) is 0 Å². The lowest BCUT2D eigenvalue weighted by Crippen LogP contribution is -2.21. The normalized spacial score (nSPS) is 13.3. The minimum Gasteiger partial charge on any atom is -0.459 e. The van der Waals surface area contributed by atoms with Gasteiger partial charge >= 0.3 is 5.97 Å². The van der Waals surface area contributed by atoms with Gasteiger partial charge in [-0.05, 0) is 43.9 Å². The minimum atomic E-state index is -3.89. The van der Waals surface area contributed by atoms with Gasteiger partial charge in [0.1, 0.15) is 6.10 Å². The standard InChI is InChI=1S/C14H19ClO4S/c1-8(2)11(5)19-14(16)12-7-13(20(15,17)18)10(4)6-9(12)3/h6-8,11H,1-5H3. The molecule has 0 aliphatic carbocycles. The highest BCUT2D eigenvalue weighted by Gasteiger charge is 2.21. The SMILES string of the molecule is Cc1cc(C)c(S(=O)(=O)Cl)cc1C(=O)OC(C)C(C)C. The second-order valence-corrected chi connectivity index (χ2v) is 7.76. The van der Waals surface area contributed by atoms with E-state index in [1.165, 1.54) is 6.07 Å². The maximum Gasteiger partial charge on any atom is 0.338 e. The van der Waals surface area contributed by atoms with E-state index in [0.29, 0.717) is 11.1 Å². The first-order chi connectivity index (χ1) is 9.04. The van der Waals surface area contributed by atoms with Crippen LogP contribution in [0.2, 0.25) is 0 Å². The average Bonchev–Trinajstić information content (AvgIpc) is 2.26. The molecule has 0 spiro atoms. The molecular formula is C14H19ClO4S. The number of carbonyl (C=O) groups excluding carboxylic acids is 1. The number of aryl methyl sites for hydroxylation is 2. The average molecular weight is 319 g/mol. The van der Waals surface area contributed by atoms with Crippen molar-refractivity contribution in [2.45, 2.75) is 45.6 Å². The lowest BCUT2D eigenvalue weighted by molar-refractivity contribution is 0.0237. The van der Waals surface area contributed by atoms with E-state index >= 15 is 0 Å². The fourth-order valence-electron chi connectivity index (χ4n) is 1.68. The molecule has 0 aromatic heterocycles. The molecule has 4 nitrogen and oxygen atoms in total. The molecule has 0 heterocycles. The van der Waals surface area contributed by atoms with Crippen LogP contribution in [0.5, 0.6) is 0 Å². The van der Waals surface area contributed by atoms with Crippen molar-refractivity contribution < 1.29 is 17.9 Å². The Bertz CT molecular complexity index is 620. The van der Waals surface area contributed by atoms with Gasteiger partial charge in [0, 0.05) is 10.7 Å². The van der Waals surface area contributed by atoms with Gasteiger partial charge in [0.05, 0.1) is 10.5 Å². The van der Waals surface area contributed by atoms with Crippen molar-refractivity contribution in [1.82, 2.24) is 0 Å². The summed E-state index contributed by atoms with van der Waals surface area (Å²) in [5.41, 5.74) is 1.39. The molecule has 1 aromatic rings. The molecule has 1 atom stereocenters. The van der Waals surface area contributed by atoms with Crippen LogP contribution in [0.4, 0.5) is 0 Å². The number of rotatable bonds is 4. The number of benzene rings is 1. The molecule has 0 aliphatic heterocycles. The van der Waals surface area contributed by atoms with Gasteiger partial charge in [-0.25, -0.2) is 13.2 Å². The number of hydrogen-bond acceptors (Lipinski definition) is 4. The summed E-state index contributed by atoms with van der Waals surface area (Å²) in [6.07, 6.45) is -0.251. The van der Waals surface area contributed by atoms with Gasteiger partial charge in [0.2, 0.25) is 0 Å². The zero-order chi connectivity index (χ0) is 15.7. The maximum atomic E-state index is 12.1. The number of esters is 1. The second-order valence-electron chi connectivity index (χ2n) is 5.22. The third-order valence-electron chi connectivity index (χ3n) is 3.24. The highest BCUT2D eigenvalue weighted by molar-refractivity contribution is 8.13. The van der Waals surface area contributed by atoms with Crippen LogP contribution in [-0.4, -0.2) is 20.5 Å². The Morgan fingerprint density at radius 3 is 2.15 bits per heavy atom. The molecule has 20 heavy (non-hydrogen) atoms. The Morgan fingerprint density at radius 2 is 1.70 bits per heavy atom.